The number of nitrogens with one attached hydrogen (secondary N) is 12. The van der Waals surface area contributed by atoms with Gasteiger partial charge in [0.25, 0.3) is 0 Å². The quantitative estimate of drug-likeness (QED) is 0.0236. The summed E-state index contributed by atoms with van der Waals surface area (Å²) >= 11 is 0. The maximum absolute atomic E-state index is 11.3. The summed E-state index contributed by atoms with van der Waals surface area (Å²) in [5, 5.41) is 76.6. The third-order valence-corrected chi connectivity index (χ3v) is 16.7. The second-order valence-electron chi connectivity index (χ2n) is 29.3. The van der Waals surface area contributed by atoms with Gasteiger partial charge in [0.2, 0.25) is 70.9 Å². The normalized spacial score (nSPS) is 10.6. The highest BCUT2D eigenvalue weighted by molar-refractivity contribution is 5.95. The number of carbonyl (C=O) groups excluding carboxylic acids is 18. The van der Waals surface area contributed by atoms with Crippen LogP contribution in [0.25, 0.3) is 0 Å². The van der Waals surface area contributed by atoms with E-state index in [2.05, 4.69) is 177 Å². The highest BCUT2D eigenvalue weighted by atomic mass is 16.5. The molecule has 12 amide bonds. The first-order valence-electron chi connectivity index (χ1n) is 46.3. The molecule has 0 aromatic carbocycles. The van der Waals surface area contributed by atoms with Crippen molar-refractivity contribution < 1.29 is 145 Å². The zero-order valence-corrected chi connectivity index (χ0v) is 85.2. The number of Topliss-reactive ketones (excluding diaryl/α,β-unsaturated/α-hetero) is 1. The van der Waals surface area contributed by atoms with E-state index in [1.54, 1.807) is 13.8 Å². The maximum atomic E-state index is 11.3. The van der Waals surface area contributed by atoms with Crippen LogP contribution in [0.4, 0.5) is 0 Å². The van der Waals surface area contributed by atoms with Gasteiger partial charge >= 0.3 is 0 Å². The molecule has 0 saturated heterocycles. The van der Waals surface area contributed by atoms with Crippen molar-refractivity contribution in [1.82, 2.24) is 63.8 Å². The maximum Gasteiger partial charge on any atom is 0.246 e. The molecule has 0 fully saturated rings. The van der Waals surface area contributed by atoms with Crippen molar-refractivity contribution in [1.29, 1.82) is 0 Å². The molecular formula is C103H164N12O30. The number of aliphatic hydroxyl groups excluding tert-OH is 5. The molecule has 0 radical (unpaired) electrons. The Kier molecular flexibility index (Phi) is 116. The lowest BCUT2D eigenvalue weighted by Gasteiger charge is -2.17. The summed E-state index contributed by atoms with van der Waals surface area (Å²) in [7, 11) is 0. The number of rotatable bonds is 80. The smallest absolute Gasteiger partial charge is 0.246 e. The van der Waals surface area contributed by atoms with Crippen molar-refractivity contribution >= 4 is 106 Å². The highest BCUT2D eigenvalue weighted by Gasteiger charge is 2.20. The van der Waals surface area contributed by atoms with Gasteiger partial charge in [-0.3, -0.25) is 86.3 Å². The fraction of sp³-hybridized carbons (Fsp3) is 0.476. The van der Waals surface area contributed by atoms with Gasteiger partial charge < -0.3 is 122 Å². The van der Waals surface area contributed by atoms with E-state index in [-0.39, 0.29) is 133 Å². The molecule has 42 nitrogen and oxygen atoms in total. The van der Waals surface area contributed by atoms with Crippen molar-refractivity contribution in [2.75, 3.05) is 164 Å². The summed E-state index contributed by atoms with van der Waals surface area (Å²) in [6.07, 6.45) is 20.9. The third kappa shape index (κ3) is 123. The Hall–Kier alpha value is -13.5. The summed E-state index contributed by atoms with van der Waals surface area (Å²) in [5.41, 5.74) is 1.13. The summed E-state index contributed by atoms with van der Waals surface area (Å²) in [4.78, 5) is 194. The minimum Gasteiger partial charge on any atom is -0.390 e. The predicted molar refractivity (Wildman–Crippen MR) is 558 cm³/mol. The minimum atomic E-state index is -1.48. The summed E-state index contributed by atoms with van der Waals surface area (Å²) in [6.45, 7) is 77.1. The average molecular weight is 2050 g/mol. The van der Waals surface area contributed by atoms with Crippen LogP contribution < -0.4 is 63.8 Å². The molecule has 0 aromatic rings. The number of amides is 12. The van der Waals surface area contributed by atoms with E-state index in [0.717, 1.165) is 62.5 Å². The van der Waals surface area contributed by atoms with Gasteiger partial charge in [-0.2, -0.15) is 0 Å². The van der Waals surface area contributed by atoms with E-state index in [4.69, 9.17) is 38.3 Å². The number of ketones is 6. The lowest BCUT2D eigenvalue weighted by Crippen LogP contribution is -2.43. The number of unbranched alkanes of at least 4 members (excludes halogenated alkanes) is 1. The number of allylic oxidation sites excluding steroid dienone is 6. The number of hydrogen-bond donors (Lipinski definition) is 17. The van der Waals surface area contributed by atoms with E-state index >= 15 is 0 Å². The molecule has 42 heteroatoms. The van der Waals surface area contributed by atoms with Gasteiger partial charge in [-0.1, -0.05) is 125 Å². The fourth-order valence-electron chi connectivity index (χ4n) is 8.60. The fourth-order valence-corrected chi connectivity index (χ4v) is 8.60. The van der Waals surface area contributed by atoms with E-state index in [0.29, 0.717) is 201 Å². The van der Waals surface area contributed by atoms with E-state index in [1.807, 2.05) is 12.2 Å². The molecular weight excluding hydrogens is 1890 g/mol. The van der Waals surface area contributed by atoms with Crippen LogP contribution in [-0.4, -0.2) is 326 Å². The van der Waals surface area contributed by atoms with Gasteiger partial charge in [0, 0.05) is 149 Å². The van der Waals surface area contributed by atoms with E-state index < -0.39 is 48.2 Å². The van der Waals surface area contributed by atoms with E-state index in [1.165, 1.54) is 66.8 Å². The topological polar surface area (TPSA) is 617 Å². The first-order valence-corrected chi connectivity index (χ1v) is 46.3. The molecule has 0 aliphatic carbocycles. The molecule has 0 spiro atoms. The third-order valence-electron chi connectivity index (χ3n) is 16.7. The monoisotopic (exact) mass is 2050 g/mol. The SMILES string of the molecule is C=C(C)C(=O)CCCCOCCOCCCNC(=O)C(=C)C.C=CC(=O)CC(C)CNC(=O)C=C.C=CC(=O)CC(O)C(O)NC(=O)C=C.C=CC(=O)CCC(O)C(O)CNC(=O)C=C.C=CC(=O)CCCNC(=O)C=C.C=CC(=O)CCCOCCOCCNC(=O)C=C.C=CC(=O)NCC(O)CNC(=O)C=C.C=CC(=O)NCCCNC(=O)C=C.C=CC(=O)NCCCOCCOCCOCCCNC(=O)C=C. The molecule has 0 aromatic heterocycles. The lowest BCUT2D eigenvalue weighted by atomic mass is 10.1. The number of carbonyl (C=O) groups is 18. The van der Waals surface area contributed by atoms with Crippen LogP contribution in [0.5, 0.6) is 0 Å². The lowest BCUT2D eigenvalue weighted by molar-refractivity contribution is -0.125. The van der Waals surface area contributed by atoms with Crippen LogP contribution in [0.15, 0.2) is 227 Å². The van der Waals surface area contributed by atoms with Crippen molar-refractivity contribution in [3.63, 3.8) is 0 Å². The van der Waals surface area contributed by atoms with Crippen molar-refractivity contribution in [2.24, 2.45) is 5.92 Å². The zero-order chi connectivity index (χ0) is 112. The number of hydrogen-bond acceptors (Lipinski definition) is 30. The summed E-state index contributed by atoms with van der Waals surface area (Å²) in [6, 6.07) is 0. The summed E-state index contributed by atoms with van der Waals surface area (Å²) < 4.78 is 37.3. The van der Waals surface area contributed by atoms with Crippen LogP contribution in [-0.2, 0) is 119 Å². The van der Waals surface area contributed by atoms with Gasteiger partial charge in [0.15, 0.2) is 40.9 Å². The standard InChI is InChI=1S/C17H29NO4.C16H28N2O5.C13H21NO4.C11H17NO4.C10H15NO2.C9H14N2O3.C9H14N2O2.C9H13NO4.C9H13NO2/c1-14(2)16(19)8-5-6-10-21-12-13-22-11-7-9-18-17(20)15(3)4;1-3-15(19)17-7-5-9-21-11-13-23-14-12-22-10-6-8-18-16(20)4-2;1-3-12(15)6-5-8-17-10-11-18-9-7-14-13(16)4-2;1-3-8(13)5-6-9(14)10(15)7-12-11(16)4-2;1-4-9(12)6-8(3)7-11-10(13)5-2;1-3-8(13)10-5-7(12)6-11-9(14)4-2;1-3-8(12)10-6-5-7-11-9(13)4-2;1-3-6(11)5-7(12)9(14)10-8(13)4-2;1-3-8(11)6-5-7-10-9(12)4-2/h1,3,5-13H2,2,4H3,(H,18,20);3-4H,1-2,5-14H2,(H,17,19)(H,18,20);3-4H,1-2,5-11H2,(H,14,16);3-4,9-10,14-15H,1-2,5-7H2,(H,12,16);4-5,8H,1-2,6-7H2,3H3,(H,11,13);3-4,7,12H,1-2,5-6H2,(H,10,13)(H,11,14);3-4H,1-2,5-7H2,(H,10,12)(H,11,13);3-4,7,9,12,14H,1-2,5H2,(H,10,13);3-4H,1-2,5-7H2,(H,10,12). The van der Waals surface area contributed by atoms with Gasteiger partial charge in [0.05, 0.1) is 77.8 Å². The molecule has 0 heterocycles. The predicted octanol–water partition coefficient (Wildman–Crippen LogP) is 3.18. The van der Waals surface area contributed by atoms with E-state index in [9.17, 15) is 107 Å². The molecule has 0 bridgehead atoms. The molecule has 0 rings (SSSR count). The molecule has 5 unspecified atom stereocenters. The second-order valence-corrected chi connectivity index (χ2v) is 29.3. The molecule has 0 aliphatic heterocycles. The van der Waals surface area contributed by atoms with Crippen LogP contribution in [0.1, 0.15) is 117 Å². The van der Waals surface area contributed by atoms with Gasteiger partial charge in [-0.05, 0) is 180 Å². The average Bonchev–Trinajstić information content (AvgIpc) is 0.933. The Morgan fingerprint density at radius 2 is 0.531 bits per heavy atom. The number of ether oxygens (including phenoxy) is 7. The van der Waals surface area contributed by atoms with Crippen molar-refractivity contribution in [3.8, 4) is 0 Å². The van der Waals surface area contributed by atoms with Crippen LogP contribution >= 0.6 is 0 Å². The molecule has 5 atom stereocenters. The first-order chi connectivity index (χ1) is 69.0. The first kappa shape index (κ1) is 149. The van der Waals surface area contributed by atoms with Crippen LogP contribution in [0, 0.1) is 5.92 Å². The molecule has 816 valence electrons. The molecule has 17 N–H and O–H groups in total. The zero-order valence-electron chi connectivity index (χ0n) is 85.2. The van der Waals surface area contributed by atoms with Gasteiger partial charge in [-0.25, -0.2) is 0 Å². The van der Waals surface area contributed by atoms with Crippen molar-refractivity contribution in [2.45, 2.75) is 148 Å². The molecule has 145 heavy (non-hydrogen) atoms. The van der Waals surface area contributed by atoms with Crippen LogP contribution in [0.3, 0.4) is 0 Å². The largest absolute Gasteiger partial charge is 0.390 e. The summed E-state index contributed by atoms with van der Waals surface area (Å²) in [5.74, 6) is -3.56. The Labute approximate surface area is 855 Å². The Morgan fingerprint density at radius 1 is 0.248 bits per heavy atom. The minimum absolute atomic E-state index is 0.000326. The van der Waals surface area contributed by atoms with Gasteiger partial charge in [0.1, 0.15) is 6.10 Å². The number of aliphatic hydroxyl groups is 5. The second kappa shape index (κ2) is 112. The van der Waals surface area contributed by atoms with Gasteiger partial charge in [-0.15, -0.1) is 0 Å². The molecule has 0 aliphatic rings. The Bertz CT molecular complexity index is 3720. The Balaban J connectivity index is -0.000000207. The van der Waals surface area contributed by atoms with Crippen molar-refractivity contribution in [3.05, 3.63) is 227 Å². The molecule has 0 saturated carbocycles. The highest BCUT2D eigenvalue weighted by Crippen LogP contribution is 2.06. The Morgan fingerprint density at radius 3 is 0.883 bits per heavy atom. The van der Waals surface area contributed by atoms with Crippen LogP contribution in [0.2, 0.25) is 0 Å².